The first-order chi connectivity index (χ1) is 8.16. The van der Waals surface area contributed by atoms with Gasteiger partial charge in [-0.1, -0.05) is 25.4 Å². The lowest BCUT2D eigenvalue weighted by molar-refractivity contribution is 0.658. The van der Waals surface area contributed by atoms with Crippen LogP contribution in [0.1, 0.15) is 49.6 Å². The molecule has 2 heterocycles. The molecule has 0 amide bonds. The summed E-state index contributed by atoms with van der Waals surface area (Å²) in [6, 6.07) is 2.05. The molecule has 90 valence electrons. The quantitative estimate of drug-likeness (QED) is 0.726. The van der Waals surface area contributed by atoms with E-state index in [4.69, 9.17) is 16.6 Å². The maximum Gasteiger partial charge on any atom is 0.157 e. The zero-order valence-electron chi connectivity index (χ0n) is 10.2. The topological polar surface area (TPSA) is 30.2 Å². The molecule has 17 heavy (non-hydrogen) atoms. The zero-order valence-corrected chi connectivity index (χ0v) is 11.0. The van der Waals surface area contributed by atoms with E-state index in [1.807, 2.05) is 6.07 Å². The number of aromatic nitrogens is 3. The SMILES string of the molecule is CC(C)c1cc2nc3c(c(Cl)n2n1)CCCC3. The van der Waals surface area contributed by atoms with Gasteiger partial charge in [0.1, 0.15) is 5.15 Å². The molecule has 2 aromatic heterocycles. The minimum Gasteiger partial charge on any atom is -0.233 e. The van der Waals surface area contributed by atoms with Crippen molar-refractivity contribution in [2.45, 2.75) is 45.4 Å². The molecule has 4 heteroatoms. The average molecular weight is 250 g/mol. The third kappa shape index (κ3) is 1.73. The Morgan fingerprint density at radius 3 is 2.82 bits per heavy atom. The van der Waals surface area contributed by atoms with Gasteiger partial charge in [0.05, 0.1) is 5.69 Å². The Labute approximate surface area is 106 Å². The highest BCUT2D eigenvalue weighted by Crippen LogP contribution is 2.28. The van der Waals surface area contributed by atoms with Crippen molar-refractivity contribution in [3.8, 4) is 0 Å². The summed E-state index contributed by atoms with van der Waals surface area (Å²) in [5.41, 5.74) is 4.31. The van der Waals surface area contributed by atoms with Gasteiger partial charge in [-0.15, -0.1) is 0 Å². The number of hydrogen-bond donors (Lipinski definition) is 0. The van der Waals surface area contributed by atoms with E-state index in [0.29, 0.717) is 5.92 Å². The first-order valence-corrected chi connectivity index (χ1v) is 6.61. The standard InChI is InChI=1S/C13H16ClN3/c1-8(2)11-7-12-15-10-6-4-3-5-9(10)13(14)17(12)16-11/h7-8H,3-6H2,1-2H3. The molecule has 0 aromatic carbocycles. The molecule has 0 aliphatic heterocycles. The second kappa shape index (κ2) is 3.98. The lowest BCUT2D eigenvalue weighted by Gasteiger charge is -2.16. The van der Waals surface area contributed by atoms with Gasteiger partial charge in [-0.05, 0) is 31.6 Å². The van der Waals surface area contributed by atoms with Gasteiger partial charge in [-0.2, -0.15) is 5.10 Å². The minimum absolute atomic E-state index is 0.407. The van der Waals surface area contributed by atoms with Gasteiger partial charge >= 0.3 is 0 Å². The molecule has 0 radical (unpaired) electrons. The fourth-order valence-electron chi connectivity index (χ4n) is 2.40. The summed E-state index contributed by atoms with van der Waals surface area (Å²) in [7, 11) is 0. The Hall–Kier alpha value is -1.09. The second-order valence-corrected chi connectivity index (χ2v) is 5.39. The first-order valence-electron chi connectivity index (χ1n) is 6.23. The van der Waals surface area contributed by atoms with Crippen molar-refractivity contribution in [2.24, 2.45) is 0 Å². The third-order valence-electron chi connectivity index (χ3n) is 3.42. The minimum atomic E-state index is 0.407. The van der Waals surface area contributed by atoms with E-state index in [2.05, 4.69) is 18.9 Å². The monoisotopic (exact) mass is 249 g/mol. The maximum atomic E-state index is 6.44. The normalized spacial score (nSPS) is 15.5. The molecular formula is C13H16ClN3. The van der Waals surface area contributed by atoms with Gasteiger partial charge < -0.3 is 0 Å². The van der Waals surface area contributed by atoms with Crippen molar-refractivity contribution >= 4 is 17.2 Å². The van der Waals surface area contributed by atoms with Gasteiger partial charge in [0.25, 0.3) is 0 Å². The molecule has 0 saturated carbocycles. The lowest BCUT2D eigenvalue weighted by atomic mass is 9.97. The van der Waals surface area contributed by atoms with Crippen LogP contribution in [-0.4, -0.2) is 14.6 Å². The summed E-state index contributed by atoms with van der Waals surface area (Å²) in [4.78, 5) is 4.70. The summed E-state index contributed by atoms with van der Waals surface area (Å²) in [6.45, 7) is 4.27. The lowest BCUT2D eigenvalue weighted by Crippen LogP contribution is -2.09. The van der Waals surface area contributed by atoms with Gasteiger partial charge in [0, 0.05) is 17.3 Å². The van der Waals surface area contributed by atoms with Crippen molar-refractivity contribution in [3.05, 3.63) is 28.2 Å². The number of nitrogens with zero attached hydrogens (tertiary/aromatic N) is 3. The van der Waals surface area contributed by atoms with Crippen LogP contribution in [0.5, 0.6) is 0 Å². The van der Waals surface area contributed by atoms with Crippen LogP contribution >= 0.6 is 11.6 Å². The highest BCUT2D eigenvalue weighted by atomic mass is 35.5. The van der Waals surface area contributed by atoms with Crippen molar-refractivity contribution < 1.29 is 0 Å². The van der Waals surface area contributed by atoms with Crippen LogP contribution in [0.15, 0.2) is 6.07 Å². The molecule has 0 saturated heterocycles. The Morgan fingerprint density at radius 2 is 2.06 bits per heavy atom. The van der Waals surface area contributed by atoms with Crippen LogP contribution in [0.4, 0.5) is 0 Å². The molecule has 0 spiro atoms. The predicted molar refractivity (Wildman–Crippen MR) is 68.7 cm³/mol. The molecule has 3 rings (SSSR count). The smallest absolute Gasteiger partial charge is 0.157 e. The molecule has 0 unspecified atom stereocenters. The summed E-state index contributed by atoms with van der Waals surface area (Å²) in [6.07, 6.45) is 4.51. The van der Waals surface area contributed by atoms with Crippen LogP contribution in [0.3, 0.4) is 0 Å². The van der Waals surface area contributed by atoms with Crippen LogP contribution in [0.25, 0.3) is 5.65 Å². The van der Waals surface area contributed by atoms with E-state index in [1.165, 1.54) is 24.1 Å². The fourth-order valence-corrected chi connectivity index (χ4v) is 2.72. The second-order valence-electron chi connectivity index (χ2n) is 5.03. The summed E-state index contributed by atoms with van der Waals surface area (Å²) in [5.74, 6) is 0.407. The van der Waals surface area contributed by atoms with Crippen LogP contribution in [-0.2, 0) is 12.8 Å². The van der Waals surface area contributed by atoms with Gasteiger partial charge in [0.15, 0.2) is 5.65 Å². The highest BCUT2D eigenvalue weighted by molar-refractivity contribution is 6.30. The van der Waals surface area contributed by atoms with Crippen LogP contribution < -0.4 is 0 Å². The van der Waals surface area contributed by atoms with Crippen molar-refractivity contribution in [1.82, 2.24) is 14.6 Å². The summed E-state index contributed by atoms with van der Waals surface area (Å²) in [5, 5.41) is 5.30. The van der Waals surface area contributed by atoms with Crippen molar-refractivity contribution in [2.75, 3.05) is 0 Å². The molecular weight excluding hydrogens is 234 g/mol. The fraction of sp³-hybridized carbons (Fsp3) is 0.538. The number of aryl methyl sites for hydroxylation is 1. The van der Waals surface area contributed by atoms with E-state index in [1.54, 1.807) is 4.52 Å². The summed E-state index contributed by atoms with van der Waals surface area (Å²) >= 11 is 6.44. The molecule has 3 nitrogen and oxygen atoms in total. The van der Waals surface area contributed by atoms with Crippen LogP contribution in [0.2, 0.25) is 5.15 Å². The number of halogens is 1. The van der Waals surface area contributed by atoms with E-state index >= 15 is 0 Å². The van der Waals surface area contributed by atoms with E-state index in [-0.39, 0.29) is 0 Å². The average Bonchev–Trinajstić information content (AvgIpc) is 2.74. The molecule has 1 aliphatic rings. The molecule has 0 fully saturated rings. The maximum absolute atomic E-state index is 6.44. The molecule has 0 bridgehead atoms. The number of fused-ring (bicyclic) bond motifs is 2. The Balaban J connectivity index is 2.25. The molecule has 2 aromatic rings. The Morgan fingerprint density at radius 1 is 1.29 bits per heavy atom. The van der Waals surface area contributed by atoms with Crippen LogP contribution in [0, 0.1) is 0 Å². The molecule has 0 N–H and O–H groups in total. The van der Waals surface area contributed by atoms with E-state index in [0.717, 1.165) is 29.3 Å². The Bertz CT molecular complexity index is 572. The van der Waals surface area contributed by atoms with Gasteiger partial charge in [-0.25, -0.2) is 9.50 Å². The van der Waals surface area contributed by atoms with Gasteiger partial charge in [-0.3, -0.25) is 0 Å². The Kier molecular flexibility index (Phi) is 2.58. The van der Waals surface area contributed by atoms with E-state index in [9.17, 15) is 0 Å². The third-order valence-corrected chi connectivity index (χ3v) is 3.81. The van der Waals surface area contributed by atoms with E-state index < -0.39 is 0 Å². The predicted octanol–water partition coefficient (Wildman–Crippen LogP) is 3.38. The highest BCUT2D eigenvalue weighted by Gasteiger charge is 2.18. The number of rotatable bonds is 1. The number of hydrogen-bond acceptors (Lipinski definition) is 2. The van der Waals surface area contributed by atoms with Gasteiger partial charge in [0.2, 0.25) is 0 Å². The zero-order chi connectivity index (χ0) is 12.0. The summed E-state index contributed by atoms with van der Waals surface area (Å²) < 4.78 is 1.79. The van der Waals surface area contributed by atoms with Crippen molar-refractivity contribution in [1.29, 1.82) is 0 Å². The van der Waals surface area contributed by atoms with Crippen molar-refractivity contribution in [3.63, 3.8) is 0 Å². The largest absolute Gasteiger partial charge is 0.233 e. The molecule has 1 aliphatic carbocycles. The first kappa shape index (κ1) is 11.0. The molecule has 0 atom stereocenters.